The molecule has 3 amide bonds. The predicted molar refractivity (Wildman–Crippen MR) is 65.4 cm³/mol. The second kappa shape index (κ2) is 3.72. The van der Waals surface area contributed by atoms with Crippen LogP contribution in [0.25, 0.3) is 0 Å². The topological polar surface area (TPSA) is 49.4 Å². The number of carbonyl (C=O) groups excluding carboxylic acids is 2. The van der Waals surface area contributed by atoms with Gasteiger partial charge in [-0.15, -0.1) is 0 Å². The molecule has 1 saturated heterocycles. The van der Waals surface area contributed by atoms with Crippen molar-refractivity contribution >= 4 is 11.9 Å². The number of carbonyl (C=O) groups is 2. The van der Waals surface area contributed by atoms with Crippen LogP contribution in [0.4, 0.5) is 4.79 Å². The summed E-state index contributed by atoms with van der Waals surface area (Å²) >= 11 is 0. The molecule has 1 saturated carbocycles. The first-order valence-electron chi connectivity index (χ1n) is 6.30. The summed E-state index contributed by atoms with van der Waals surface area (Å²) in [5.74, 6) is -0.0755. The van der Waals surface area contributed by atoms with E-state index >= 15 is 0 Å². The lowest BCUT2D eigenvalue weighted by Gasteiger charge is -2.46. The lowest BCUT2D eigenvalue weighted by Crippen LogP contribution is -2.48. The summed E-state index contributed by atoms with van der Waals surface area (Å²) in [6.07, 6.45) is 2.96. The lowest BCUT2D eigenvalue weighted by molar-refractivity contribution is -0.128. The maximum atomic E-state index is 11.7. The highest BCUT2D eigenvalue weighted by molar-refractivity contribution is 6.02. The van der Waals surface area contributed by atoms with Crippen molar-refractivity contribution in [1.82, 2.24) is 10.2 Å². The van der Waals surface area contributed by atoms with Gasteiger partial charge in [0.15, 0.2) is 0 Å². The van der Waals surface area contributed by atoms with Gasteiger partial charge >= 0.3 is 6.03 Å². The van der Waals surface area contributed by atoms with Gasteiger partial charge in [-0.25, -0.2) is 4.79 Å². The van der Waals surface area contributed by atoms with E-state index in [1.807, 2.05) is 0 Å². The first-order chi connectivity index (χ1) is 7.70. The Labute approximate surface area is 103 Å². The number of hydrogen-bond donors (Lipinski definition) is 1. The van der Waals surface area contributed by atoms with E-state index in [-0.39, 0.29) is 35.4 Å². The van der Waals surface area contributed by atoms with E-state index in [1.165, 1.54) is 4.90 Å². The standard InChI is InChI=1S/C13H22N2O2/c1-12(2)5-9(6-13(3,4)8-12)15-10(16)7-14-11(15)17/h9H,5-8H2,1-4H3,(H,14,17). The summed E-state index contributed by atoms with van der Waals surface area (Å²) in [5, 5.41) is 2.61. The second-order valence-corrected chi connectivity index (χ2v) is 6.99. The minimum Gasteiger partial charge on any atom is -0.329 e. The molecule has 4 heteroatoms. The van der Waals surface area contributed by atoms with Gasteiger partial charge in [-0.05, 0) is 30.1 Å². The number of nitrogens with one attached hydrogen (secondary N) is 1. The van der Waals surface area contributed by atoms with Crippen LogP contribution in [0.5, 0.6) is 0 Å². The summed E-state index contributed by atoms with van der Waals surface area (Å²) in [6, 6.07) is -0.155. The van der Waals surface area contributed by atoms with E-state index in [0.29, 0.717) is 0 Å². The Morgan fingerprint density at radius 1 is 1.12 bits per heavy atom. The summed E-state index contributed by atoms with van der Waals surface area (Å²) in [6.45, 7) is 9.05. The lowest BCUT2D eigenvalue weighted by atomic mass is 9.63. The van der Waals surface area contributed by atoms with Crippen molar-refractivity contribution in [3.8, 4) is 0 Å². The minimum absolute atomic E-state index is 0.0590. The number of nitrogens with zero attached hydrogens (tertiary/aromatic N) is 1. The van der Waals surface area contributed by atoms with Gasteiger partial charge in [0.25, 0.3) is 0 Å². The first-order valence-corrected chi connectivity index (χ1v) is 6.30. The zero-order chi connectivity index (χ0) is 12.8. The molecule has 0 radical (unpaired) electrons. The van der Waals surface area contributed by atoms with Crippen LogP contribution in [0, 0.1) is 10.8 Å². The quantitative estimate of drug-likeness (QED) is 0.711. The average Bonchev–Trinajstić information content (AvgIpc) is 2.40. The molecule has 1 heterocycles. The third kappa shape index (κ3) is 2.45. The predicted octanol–water partition coefficient (Wildman–Crippen LogP) is 2.14. The molecule has 96 valence electrons. The molecule has 1 N–H and O–H groups in total. The van der Waals surface area contributed by atoms with Crippen molar-refractivity contribution in [2.45, 2.75) is 53.0 Å². The molecule has 0 bridgehead atoms. The Balaban J connectivity index is 2.21. The Morgan fingerprint density at radius 3 is 2.06 bits per heavy atom. The summed E-state index contributed by atoms with van der Waals surface area (Å²) in [7, 11) is 0. The zero-order valence-corrected chi connectivity index (χ0v) is 11.2. The normalized spacial score (nSPS) is 28.4. The molecule has 0 aromatic rings. The van der Waals surface area contributed by atoms with Gasteiger partial charge in [0.2, 0.25) is 5.91 Å². The maximum Gasteiger partial charge on any atom is 0.324 e. The molecule has 2 rings (SSSR count). The summed E-state index contributed by atoms with van der Waals surface area (Å²) < 4.78 is 0. The Bertz CT molecular complexity index is 328. The highest BCUT2D eigenvalue weighted by Gasteiger charge is 2.45. The molecular formula is C13H22N2O2. The third-order valence-electron chi connectivity index (χ3n) is 3.78. The summed E-state index contributed by atoms with van der Waals surface area (Å²) in [5.41, 5.74) is 0.380. The Hall–Kier alpha value is -1.06. The van der Waals surface area contributed by atoms with Crippen LogP contribution in [0.2, 0.25) is 0 Å². The maximum absolute atomic E-state index is 11.7. The average molecular weight is 238 g/mol. The molecule has 1 aliphatic heterocycles. The molecular weight excluding hydrogens is 216 g/mol. The molecule has 0 aromatic carbocycles. The summed E-state index contributed by atoms with van der Waals surface area (Å²) in [4.78, 5) is 24.9. The molecule has 0 spiro atoms. The van der Waals surface area contributed by atoms with Gasteiger partial charge in [-0.3, -0.25) is 9.69 Å². The van der Waals surface area contributed by atoms with Gasteiger partial charge in [0.05, 0.1) is 6.54 Å². The fourth-order valence-corrected chi connectivity index (χ4v) is 3.77. The second-order valence-electron chi connectivity index (χ2n) is 6.99. The van der Waals surface area contributed by atoms with E-state index < -0.39 is 0 Å². The van der Waals surface area contributed by atoms with E-state index in [1.54, 1.807) is 0 Å². The van der Waals surface area contributed by atoms with E-state index in [4.69, 9.17) is 0 Å². The number of hydrogen-bond acceptors (Lipinski definition) is 2. The van der Waals surface area contributed by atoms with Gasteiger partial charge in [0.1, 0.15) is 0 Å². The molecule has 1 aliphatic carbocycles. The van der Waals surface area contributed by atoms with Gasteiger partial charge < -0.3 is 5.32 Å². The number of imide groups is 1. The highest BCUT2D eigenvalue weighted by Crippen LogP contribution is 2.47. The molecule has 2 fully saturated rings. The van der Waals surface area contributed by atoms with E-state index in [0.717, 1.165) is 19.3 Å². The van der Waals surface area contributed by atoms with Crippen molar-refractivity contribution in [1.29, 1.82) is 0 Å². The van der Waals surface area contributed by atoms with Gasteiger partial charge in [-0.1, -0.05) is 27.7 Å². The smallest absolute Gasteiger partial charge is 0.324 e. The van der Waals surface area contributed by atoms with Crippen LogP contribution in [-0.4, -0.2) is 29.4 Å². The van der Waals surface area contributed by atoms with Crippen LogP contribution in [0.1, 0.15) is 47.0 Å². The fourth-order valence-electron chi connectivity index (χ4n) is 3.77. The van der Waals surface area contributed by atoms with Crippen LogP contribution in [0.3, 0.4) is 0 Å². The van der Waals surface area contributed by atoms with Crippen LogP contribution in [0.15, 0.2) is 0 Å². The van der Waals surface area contributed by atoms with Crippen LogP contribution in [-0.2, 0) is 4.79 Å². The van der Waals surface area contributed by atoms with Crippen LogP contribution < -0.4 is 5.32 Å². The highest BCUT2D eigenvalue weighted by atomic mass is 16.2. The SMILES string of the molecule is CC1(C)CC(N2C(=O)CNC2=O)CC(C)(C)C1. The third-order valence-corrected chi connectivity index (χ3v) is 3.78. The molecule has 0 atom stereocenters. The van der Waals surface area contributed by atoms with Crippen molar-refractivity contribution in [2.75, 3.05) is 6.54 Å². The van der Waals surface area contributed by atoms with Crippen molar-refractivity contribution < 1.29 is 9.59 Å². The molecule has 4 nitrogen and oxygen atoms in total. The number of rotatable bonds is 1. The number of amides is 3. The first kappa shape index (κ1) is 12.4. The molecule has 17 heavy (non-hydrogen) atoms. The van der Waals surface area contributed by atoms with Crippen molar-refractivity contribution in [3.05, 3.63) is 0 Å². The Morgan fingerprint density at radius 2 is 1.65 bits per heavy atom. The largest absolute Gasteiger partial charge is 0.329 e. The van der Waals surface area contributed by atoms with Crippen molar-refractivity contribution in [2.24, 2.45) is 10.8 Å². The zero-order valence-electron chi connectivity index (χ0n) is 11.2. The van der Waals surface area contributed by atoms with E-state index in [2.05, 4.69) is 33.0 Å². The van der Waals surface area contributed by atoms with E-state index in [9.17, 15) is 9.59 Å². The Kier molecular flexibility index (Phi) is 2.71. The van der Waals surface area contributed by atoms with Crippen molar-refractivity contribution in [3.63, 3.8) is 0 Å². The monoisotopic (exact) mass is 238 g/mol. The molecule has 2 aliphatic rings. The fraction of sp³-hybridized carbons (Fsp3) is 0.846. The molecule has 0 unspecified atom stereocenters. The molecule has 0 aromatic heterocycles. The van der Waals surface area contributed by atoms with Crippen LogP contribution >= 0.6 is 0 Å². The van der Waals surface area contributed by atoms with Gasteiger partial charge in [0, 0.05) is 6.04 Å². The van der Waals surface area contributed by atoms with Gasteiger partial charge in [-0.2, -0.15) is 0 Å². The minimum atomic E-state index is -0.214. The number of urea groups is 1.